The predicted octanol–water partition coefficient (Wildman–Crippen LogP) is 1.75. The zero-order valence-electron chi connectivity index (χ0n) is 9.44. The van der Waals surface area contributed by atoms with E-state index in [4.69, 9.17) is 17.7 Å². The first-order valence-electron chi connectivity index (χ1n) is 4.57. The minimum absolute atomic E-state index is 0.679. The number of benzene rings is 1. The molecule has 15 heavy (non-hydrogen) atoms. The summed E-state index contributed by atoms with van der Waals surface area (Å²) in [5.41, 5.74) is 1.17. The Morgan fingerprint density at radius 3 is 1.73 bits per heavy atom. The van der Waals surface area contributed by atoms with Gasteiger partial charge in [0.05, 0.1) is 0 Å². The van der Waals surface area contributed by atoms with Crippen molar-refractivity contribution in [3.05, 3.63) is 29.8 Å². The first-order valence-corrected chi connectivity index (χ1v) is 6.20. The molecular formula is C10H16O4Si. The Kier molecular flexibility index (Phi) is 4.28. The predicted molar refractivity (Wildman–Crippen MR) is 58.6 cm³/mol. The molecule has 0 aliphatic carbocycles. The van der Waals surface area contributed by atoms with Crippen molar-refractivity contribution in [1.82, 2.24) is 0 Å². The second kappa shape index (κ2) is 5.27. The van der Waals surface area contributed by atoms with Gasteiger partial charge < -0.3 is 17.7 Å². The van der Waals surface area contributed by atoms with Gasteiger partial charge in [-0.1, -0.05) is 17.7 Å². The first kappa shape index (κ1) is 12.2. The van der Waals surface area contributed by atoms with Gasteiger partial charge in [-0.25, -0.2) is 0 Å². The Morgan fingerprint density at radius 2 is 1.33 bits per heavy atom. The summed E-state index contributed by atoms with van der Waals surface area (Å²) in [4.78, 5) is 0. The molecule has 0 spiro atoms. The molecule has 0 atom stereocenters. The van der Waals surface area contributed by atoms with Gasteiger partial charge in [-0.3, -0.25) is 0 Å². The summed E-state index contributed by atoms with van der Waals surface area (Å²) in [5, 5.41) is 0. The monoisotopic (exact) mass is 228 g/mol. The topological polar surface area (TPSA) is 36.9 Å². The highest BCUT2D eigenvalue weighted by Gasteiger charge is 2.45. The Labute approximate surface area is 91.2 Å². The van der Waals surface area contributed by atoms with Crippen LogP contribution in [0, 0.1) is 6.92 Å². The first-order chi connectivity index (χ1) is 7.15. The van der Waals surface area contributed by atoms with E-state index in [2.05, 4.69) is 0 Å². The lowest BCUT2D eigenvalue weighted by atomic mass is 10.2. The lowest BCUT2D eigenvalue weighted by Gasteiger charge is -2.23. The van der Waals surface area contributed by atoms with Gasteiger partial charge in [0, 0.05) is 21.3 Å². The van der Waals surface area contributed by atoms with E-state index < -0.39 is 9.05 Å². The van der Waals surface area contributed by atoms with Crippen LogP contribution in [-0.4, -0.2) is 30.4 Å². The zero-order valence-corrected chi connectivity index (χ0v) is 10.4. The van der Waals surface area contributed by atoms with Gasteiger partial charge in [0.15, 0.2) is 0 Å². The van der Waals surface area contributed by atoms with Crippen molar-refractivity contribution in [2.75, 3.05) is 21.3 Å². The smallest absolute Gasteiger partial charge is 0.480 e. The summed E-state index contributed by atoms with van der Waals surface area (Å²) < 4.78 is 21.0. The van der Waals surface area contributed by atoms with Crippen LogP contribution in [0.15, 0.2) is 24.3 Å². The second-order valence-electron chi connectivity index (χ2n) is 3.03. The van der Waals surface area contributed by atoms with Crippen molar-refractivity contribution >= 4 is 9.05 Å². The largest absolute Gasteiger partial charge is 0.748 e. The number of hydrogen-bond donors (Lipinski definition) is 0. The van der Waals surface area contributed by atoms with Crippen LogP contribution in [0.5, 0.6) is 5.75 Å². The normalized spacial score (nSPS) is 11.5. The molecule has 0 N–H and O–H groups in total. The van der Waals surface area contributed by atoms with Gasteiger partial charge >= 0.3 is 9.05 Å². The molecule has 0 bridgehead atoms. The third kappa shape index (κ3) is 3.03. The van der Waals surface area contributed by atoms with Gasteiger partial charge in [0.2, 0.25) is 0 Å². The highest BCUT2D eigenvalue weighted by molar-refractivity contribution is 6.54. The van der Waals surface area contributed by atoms with Crippen LogP contribution in [0.25, 0.3) is 0 Å². The van der Waals surface area contributed by atoms with E-state index in [1.165, 1.54) is 26.9 Å². The molecule has 0 heterocycles. The summed E-state index contributed by atoms with van der Waals surface area (Å²) in [6, 6.07) is 7.62. The maximum absolute atomic E-state index is 5.58. The van der Waals surface area contributed by atoms with E-state index in [-0.39, 0.29) is 0 Å². The minimum atomic E-state index is -2.98. The maximum Gasteiger partial charge on any atom is 0.748 e. The van der Waals surface area contributed by atoms with Gasteiger partial charge in [-0.05, 0) is 19.1 Å². The quantitative estimate of drug-likeness (QED) is 0.719. The lowest BCUT2D eigenvalue weighted by Crippen LogP contribution is -2.49. The van der Waals surface area contributed by atoms with E-state index in [0.717, 1.165) is 0 Å². The standard InChI is InChI=1S/C10H16O4Si/c1-9-5-7-10(8-6-9)14-15(11-2,12-3)13-4/h5-8H,1-4H3. The molecule has 0 aliphatic heterocycles. The number of rotatable bonds is 5. The van der Waals surface area contributed by atoms with Gasteiger partial charge in [0.1, 0.15) is 5.75 Å². The second-order valence-corrected chi connectivity index (χ2v) is 5.46. The lowest BCUT2D eigenvalue weighted by molar-refractivity contribution is 0.0510. The van der Waals surface area contributed by atoms with Crippen molar-refractivity contribution < 1.29 is 17.7 Å². The third-order valence-corrected chi connectivity index (χ3v) is 4.00. The minimum Gasteiger partial charge on any atom is -0.480 e. The molecule has 0 saturated carbocycles. The van der Waals surface area contributed by atoms with Crippen molar-refractivity contribution in [2.24, 2.45) is 0 Å². The van der Waals surface area contributed by atoms with Crippen molar-refractivity contribution in [1.29, 1.82) is 0 Å². The van der Waals surface area contributed by atoms with Crippen molar-refractivity contribution in [3.8, 4) is 5.75 Å². The zero-order chi connectivity index (χ0) is 11.3. The summed E-state index contributed by atoms with van der Waals surface area (Å²) in [6.07, 6.45) is 0. The van der Waals surface area contributed by atoms with Gasteiger partial charge in [0.25, 0.3) is 0 Å². The molecule has 0 radical (unpaired) electrons. The summed E-state index contributed by atoms with van der Waals surface area (Å²) >= 11 is 0. The Bertz CT molecular complexity index is 287. The van der Waals surface area contributed by atoms with Crippen LogP contribution in [-0.2, 0) is 13.3 Å². The Balaban J connectivity index is 2.78. The van der Waals surface area contributed by atoms with Crippen LogP contribution < -0.4 is 4.43 Å². The van der Waals surface area contributed by atoms with Crippen LogP contribution in [0.2, 0.25) is 0 Å². The molecule has 0 fully saturated rings. The molecule has 0 unspecified atom stereocenters. The molecule has 84 valence electrons. The summed E-state index contributed by atoms with van der Waals surface area (Å²) in [7, 11) is 1.55. The average molecular weight is 228 g/mol. The Hall–Kier alpha value is -0.883. The van der Waals surface area contributed by atoms with Gasteiger partial charge in [-0.15, -0.1) is 0 Å². The van der Waals surface area contributed by atoms with E-state index >= 15 is 0 Å². The molecule has 1 aromatic rings. The van der Waals surface area contributed by atoms with Crippen LogP contribution in [0.4, 0.5) is 0 Å². The average Bonchev–Trinajstić information content (AvgIpc) is 2.29. The van der Waals surface area contributed by atoms with Crippen molar-refractivity contribution in [2.45, 2.75) is 6.92 Å². The van der Waals surface area contributed by atoms with E-state index in [0.29, 0.717) is 5.75 Å². The highest BCUT2D eigenvalue weighted by Crippen LogP contribution is 2.17. The van der Waals surface area contributed by atoms with Crippen LogP contribution >= 0.6 is 0 Å². The maximum atomic E-state index is 5.58. The highest BCUT2D eigenvalue weighted by atomic mass is 28.4. The molecule has 1 aromatic carbocycles. The van der Waals surface area contributed by atoms with E-state index in [1.54, 1.807) is 0 Å². The summed E-state index contributed by atoms with van der Waals surface area (Å²) in [5.74, 6) is 0.679. The number of hydrogen-bond acceptors (Lipinski definition) is 4. The molecular weight excluding hydrogens is 212 g/mol. The number of aryl methyl sites for hydroxylation is 1. The van der Waals surface area contributed by atoms with Crippen LogP contribution in [0.1, 0.15) is 5.56 Å². The summed E-state index contributed by atoms with van der Waals surface area (Å²) in [6.45, 7) is 2.01. The molecule has 4 nitrogen and oxygen atoms in total. The fourth-order valence-electron chi connectivity index (χ4n) is 1.13. The SMILES string of the molecule is CO[Si](OC)(OC)Oc1ccc(C)cc1. The molecule has 1 rings (SSSR count). The third-order valence-electron chi connectivity index (χ3n) is 2.01. The molecule has 0 saturated heterocycles. The van der Waals surface area contributed by atoms with Crippen LogP contribution in [0.3, 0.4) is 0 Å². The fourth-order valence-corrected chi connectivity index (χ4v) is 2.30. The fraction of sp³-hybridized carbons (Fsp3) is 0.400. The van der Waals surface area contributed by atoms with Crippen molar-refractivity contribution in [3.63, 3.8) is 0 Å². The van der Waals surface area contributed by atoms with E-state index in [9.17, 15) is 0 Å². The molecule has 0 aromatic heterocycles. The van der Waals surface area contributed by atoms with Gasteiger partial charge in [-0.2, -0.15) is 0 Å². The molecule has 0 aliphatic rings. The molecule has 5 heteroatoms. The molecule has 0 amide bonds. The van der Waals surface area contributed by atoms with E-state index in [1.807, 2.05) is 31.2 Å². The Morgan fingerprint density at radius 1 is 0.867 bits per heavy atom.